The van der Waals surface area contributed by atoms with Crippen molar-refractivity contribution in [2.24, 2.45) is 0 Å². The van der Waals surface area contributed by atoms with Gasteiger partial charge < -0.3 is 9.84 Å². The number of aromatic hydroxyl groups is 1. The van der Waals surface area contributed by atoms with Crippen molar-refractivity contribution in [3.05, 3.63) is 29.8 Å². The molecule has 0 atom stereocenters. The highest BCUT2D eigenvalue weighted by molar-refractivity contribution is 5.32. The average molecular weight is 178 g/mol. The average Bonchev–Trinajstić information content (AvgIpc) is 2.03. The Hall–Kier alpha value is -1.02. The van der Waals surface area contributed by atoms with Gasteiger partial charge >= 0.3 is 0 Å². The topological polar surface area (TPSA) is 29.5 Å². The van der Waals surface area contributed by atoms with Gasteiger partial charge in [0.25, 0.3) is 0 Å². The van der Waals surface area contributed by atoms with E-state index in [4.69, 9.17) is 4.74 Å². The molecule has 0 unspecified atom stereocenters. The predicted molar refractivity (Wildman–Crippen MR) is 50.6 cm³/mol. The zero-order chi connectivity index (χ0) is 9.31. The van der Waals surface area contributed by atoms with Crippen molar-refractivity contribution in [3.8, 4) is 5.75 Å². The molecule has 1 aromatic carbocycles. The first-order valence-electron chi connectivity index (χ1n) is 4.61. The number of hydrogen-bond donors (Lipinski definition) is 1. The van der Waals surface area contributed by atoms with E-state index in [0.29, 0.717) is 5.75 Å². The summed E-state index contributed by atoms with van der Waals surface area (Å²) in [4.78, 5) is 0. The Morgan fingerprint density at radius 2 is 2.15 bits per heavy atom. The highest BCUT2D eigenvalue weighted by Gasteiger charge is 2.38. The Morgan fingerprint density at radius 1 is 1.38 bits per heavy atom. The van der Waals surface area contributed by atoms with Crippen molar-refractivity contribution in [1.82, 2.24) is 0 Å². The molecule has 0 aromatic heterocycles. The van der Waals surface area contributed by atoms with Gasteiger partial charge in [-0.25, -0.2) is 0 Å². The van der Waals surface area contributed by atoms with Crippen molar-refractivity contribution in [2.75, 3.05) is 7.11 Å². The van der Waals surface area contributed by atoms with Gasteiger partial charge in [-0.3, -0.25) is 0 Å². The summed E-state index contributed by atoms with van der Waals surface area (Å²) in [5.74, 6) is 0.320. The van der Waals surface area contributed by atoms with E-state index in [0.717, 1.165) is 18.4 Å². The molecule has 0 spiro atoms. The second-order valence-corrected chi connectivity index (χ2v) is 3.60. The number of benzene rings is 1. The van der Waals surface area contributed by atoms with Gasteiger partial charge in [-0.15, -0.1) is 0 Å². The van der Waals surface area contributed by atoms with Crippen LogP contribution < -0.4 is 0 Å². The molecule has 1 aliphatic rings. The minimum atomic E-state index is -0.112. The van der Waals surface area contributed by atoms with E-state index in [-0.39, 0.29) is 5.60 Å². The fourth-order valence-electron chi connectivity index (χ4n) is 1.90. The van der Waals surface area contributed by atoms with E-state index in [1.165, 1.54) is 6.42 Å². The van der Waals surface area contributed by atoms with Crippen LogP contribution in [0.2, 0.25) is 0 Å². The molecule has 0 saturated heterocycles. The van der Waals surface area contributed by atoms with Crippen LogP contribution in [0.5, 0.6) is 5.75 Å². The first-order chi connectivity index (χ1) is 6.27. The Kier molecular flexibility index (Phi) is 2.00. The van der Waals surface area contributed by atoms with Gasteiger partial charge in [-0.05, 0) is 37.0 Å². The van der Waals surface area contributed by atoms with Crippen LogP contribution in [0.4, 0.5) is 0 Å². The molecular weight excluding hydrogens is 164 g/mol. The maximum atomic E-state index is 9.34. The molecule has 0 amide bonds. The van der Waals surface area contributed by atoms with Gasteiger partial charge in [-0.2, -0.15) is 0 Å². The number of ether oxygens (including phenoxy) is 1. The van der Waals surface area contributed by atoms with Crippen LogP contribution in [0.3, 0.4) is 0 Å². The Balaban J connectivity index is 2.33. The second-order valence-electron chi connectivity index (χ2n) is 3.60. The zero-order valence-corrected chi connectivity index (χ0v) is 7.79. The molecule has 1 N–H and O–H groups in total. The monoisotopic (exact) mass is 178 g/mol. The molecule has 1 aliphatic carbocycles. The van der Waals surface area contributed by atoms with Gasteiger partial charge in [0.1, 0.15) is 5.75 Å². The van der Waals surface area contributed by atoms with Crippen LogP contribution in [0.15, 0.2) is 24.3 Å². The van der Waals surface area contributed by atoms with E-state index >= 15 is 0 Å². The molecule has 0 bridgehead atoms. The molecule has 0 radical (unpaired) electrons. The van der Waals surface area contributed by atoms with E-state index in [1.54, 1.807) is 19.2 Å². The summed E-state index contributed by atoms with van der Waals surface area (Å²) in [6.07, 6.45) is 3.34. The number of phenols is 1. The molecule has 0 heterocycles. The fourth-order valence-corrected chi connectivity index (χ4v) is 1.90. The summed E-state index contributed by atoms with van der Waals surface area (Å²) < 4.78 is 5.50. The zero-order valence-electron chi connectivity index (χ0n) is 7.79. The van der Waals surface area contributed by atoms with Crippen LogP contribution in [-0.4, -0.2) is 12.2 Å². The van der Waals surface area contributed by atoms with E-state index in [1.807, 2.05) is 12.1 Å². The van der Waals surface area contributed by atoms with Crippen molar-refractivity contribution < 1.29 is 9.84 Å². The summed E-state index contributed by atoms with van der Waals surface area (Å²) in [5, 5.41) is 9.34. The molecule has 1 saturated carbocycles. The number of phenolic OH excluding ortho intramolecular Hbond substituents is 1. The van der Waals surface area contributed by atoms with Crippen LogP contribution in [0, 0.1) is 0 Å². The molecule has 13 heavy (non-hydrogen) atoms. The van der Waals surface area contributed by atoms with Crippen molar-refractivity contribution in [2.45, 2.75) is 24.9 Å². The van der Waals surface area contributed by atoms with Crippen LogP contribution >= 0.6 is 0 Å². The molecule has 70 valence electrons. The van der Waals surface area contributed by atoms with Gasteiger partial charge in [0.05, 0.1) is 5.60 Å². The second kappa shape index (κ2) is 3.04. The largest absolute Gasteiger partial charge is 0.508 e. The normalized spacial score (nSPS) is 19.5. The van der Waals surface area contributed by atoms with E-state index in [2.05, 4.69) is 0 Å². The maximum Gasteiger partial charge on any atom is 0.115 e. The molecular formula is C11H14O2. The SMILES string of the molecule is COC1(c2cccc(O)c2)CCC1. The fraction of sp³-hybridized carbons (Fsp3) is 0.455. The summed E-state index contributed by atoms with van der Waals surface area (Å²) >= 11 is 0. The van der Waals surface area contributed by atoms with Gasteiger partial charge in [0.15, 0.2) is 0 Å². The minimum absolute atomic E-state index is 0.112. The van der Waals surface area contributed by atoms with Crippen molar-refractivity contribution in [1.29, 1.82) is 0 Å². The summed E-state index contributed by atoms with van der Waals surface area (Å²) in [6, 6.07) is 7.36. The minimum Gasteiger partial charge on any atom is -0.508 e. The predicted octanol–water partition coefficient (Wildman–Crippen LogP) is 2.42. The molecule has 2 rings (SSSR count). The van der Waals surface area contributed by atoms with Gasteiger partial charge in [0.2, 0.25) is 0 Å². The first kappa shape index (κ1) is 8.57. The van der Waals surface area contributed by atoms with Crippen molar-refractivity contribution >= 4 is 0 Å². The molecule has 1 aromatic rings. The highest BCUT2D eigenvalue weighted by Crippen LogP contribution is 2.44. The number of rotatable bonds is 2. The smallest absolute Gasteiger partial charge is 0.115 e. The van der Waals surface area contributed by atoms with Crippen LogP contribution in [0.25, 0.3) is 0 Å². The standard InChI is InChI=1S/C11H14O2/c1-13-11(6-3-7-11)9-4-2-5-10(12)8-9/h2,4-5,8,12H,3,6-7H2,1H3. The van der Waals surface area contributed by atoms with Crippen LogP contribution in [0.1, 0.15) is 24.8 Å². The quantitative estimate of drug-likeness (QED) is 0.753. The lowest BCUT2D eigenvalue weighted by Crippen LogP contribution is -2.35. The van der Waals surface area contributed by atoms with E-state index in [9.17, 15) is 5.11 Å². The number of methoxy groups -OCH3 is 1. The summed E-state index contributed by atoms with van der Waals surface area (Å²) in [6.45, 7) is 0. The first-order valence-corrected chi connectivity index (χ1v) is 4.61. The third-order valence-electron chi connectivity index (χ3n) is 2.92. The Bertz CT molecular complexity index is 297. The Labute approximate surface area is 78.2 Å². The molecule has 1 fully saturated rings. The van der Waals surface area contributed by atoms with E-state index < -0.39 is 0 Å². The Morgan fingerprint density at radius 3 is 2.62 bits per heavy atom. The molecule has 2 nitrogen and oxygen atoms in total. The van der Waals surface area contributed by atoms with Crippen molar-refractivity contribution in [3.63, 3.8) is 0 Å². The lowest BCUT2D eigenvalue weighted by atomic mass is 9.75. The van der Waals surface area contributed by atoms with Gasteiger partial charge in [-0.1, -0.05) is 12.1 Å². The molecule has 2 heteroatoms. The summed E-state index contributed by atoms with van der Waals surface area (Å²) in [7, 11) is 1.74. The van der Waals surface area contributed by atoms with Crippen LogP contribution in [-0.2, 0) is 10.3 Å². The van der Waals surface area contributed by atoms with Gasteiger partial charge in [0, 0.05) is 7.11 Å². The third-order valence-corrected chi connectivity index (χ3v) is 2.92. The third kappa shape index (κ3) is 1.31. The number of hydrogen-bond acceptors (Lipinski definition) is 2. The lowest BCUT2D eigenvalue weighted by Gasteiger charge is -2.41. The molecule has 0 aliphatic heterocycles. The summed E-state index contributed by atoms with van der Waals surface area (Å²) in [5.41, 5.74) is 0.986. The maximum absolute atomic E-state index is 9.34. The lowest BCUT2D eigenvalue weighted by molar-refractivity contribution is -0.0779. The highest BCUT2D eigenvalue weighted by atomic mass is 16.5.